The van der Waals surface area contributed by atoms with E-state index < -0.39 is 0 Å². The van der Waals surface area contributed by atoms with Crippen molar-refractivity contribution in [2.45, 2.75) is 25.9 Å². The summed E-state index contributed by atoms with van der Waals surface area (Å²) in [7, 11) is 0. The molecule has 1 saturated carbocycles. The highest BCUT2D eigenvalue weighted by molar-refractivity contribution is 5.79. The fourth-order valence-corrected chi connectivity index (χ4v) is 1.07. The van der Waals surface area contributed by atoms with Gasteiger partial charge >= 0.3 is 0 Å². The first-order chi connectivity index (χ1) is 4.86. The average molecular weight is 138 g/mol. The maximum atomic E-state index is 5.41. The lowest BCUT2D eigenvalue weighted by molar-refractivity contribution is 0.227. The van der Waals surface area contributed by atoms with E-state index in [9.17, 15) is 0 Å². The summed E-state index contributed by atoms with van der Waals surface area (Å²) < 4.78 is 5.41. The molecule has 0 radical (unpaired) electrons. The van der Waals surface area contributed by atoms with Gasteiger partial charge in [0, 0.05) is 12.8 Å². The summed E-state index contributed by atoms with van der Waals surface area (Å²) >= 11 is 0. The Hall–Kier alpha value is -0.860. The zero-order chi connectivity index (χ0) is 6.97. The normalized spacial score (nSPS) is 31.3. The summed E-state index contributed by atoms with van der Waals surface area (Å²) in [5.41, 5.74) is 0. The molecule has 0 N–H and O–H groups in total. The molecule has 0 aromatic rings. The van der Waals surface area contributed by atoms with Crippen molar-refractivity contribution in [3.05, 3.63) is 0 Å². The van der Waals surface area contributed by atoms with Crippen LogP contribution in [-0.4, -0.2) is 18.2 Å². The molecule has 1 heterocycles. The molecule has 0 aromatic carbocycles. The Morgan fingerprint density at radius 3 is 3.00 bits per heavy atom. The van der Waals surface area contributed by atoms with Crippen LogP contribution in [0.2, 0.25) is 0 Å². The molecule has 0 saturated heterocycles. The van der Waals surface area contributed by atoms with Gasteiger partial charge in [0.15, 0.2) is 0 Å². The Labute approximate surface area is 59.8 Å². The van der Waals surface area contributed by atoms with Crippen LogP contribution in [0, 0.1) is 5.92 Å². The predicted octanol–water partition coefficient (Wildman–Crippen LogP) is 1.20. The van der Waals surface area contributed by atoms with Gasteiger partial charge in [0.05, 0.1) is 6.21 Å². The average Bonchev–Trinajstić information content (AvgIpc) is 2.68. The van der Waals surface area contributed by atoms with Crippen molar-refractivity contribution in [2.24, 2.45) is 16.1 Å². The topological polar surface area (TPSA) is 34.0 Å². The molecule has 3 nitrogen and oxygen atoms in total. The zero-order valence-corrected chi connectivity index (χ0v) is 5.95. The standard InChI is InChI=1S/C7H10N2O/c1-5-9-8-4-7(10-5)6-2-3-6/h4,6-7H,2-3H2,1H3. The van der Waals surface area contributed by atoms with Crippen LogP contribution in [0.3, 0.4) is 0 Å². The minimum absolute atomic E-state index is 0.220. The molecule has 2 aliphatic rings. The largest absolute Gasteiger partial charge is 0.470 e. The third kappa shape index (κ3) is 1.03. The van der Waals surface area contributed by atoms with Crippen molar-refractivity contribution in [3.63, 3.8) is 0 Å². The van der Waals surface area contributed by atoms with E-state index >= 15 is 0 Å². The first-order valence-electron chi connectivity index (χ1n) is 3.60. The molecule has 3 heteroatoms. The first kappa shape index (κ1) is 5.89. The van der Waals surface area contributed by atoms with Crippen LogP contribution < -0.4 is 0 Å². The van der Waals surface area contributed by atoms with Crippen molar-refractivity contribution in [2.75, 3.05) is 0 Å². The van der Waals surface area contributed by atoms with Crippen molar-refractivity contribution in [3.8, 4) is 0 Å². The molecule has 0 spiro atoms. The van der Waals surface area contributed by atoms with Crippen LogP contribution >= 0.6 is 0 Å². The monoisotopic (exact) mass is 138 g/mol. The molecular weight excluding hydrogens is 128 g/mol. The molecule has 1 unspecified atom stereocenters. The summed E-state index contributed by atoms with van der Waals surface area (Å²) in [6.07, 6.45) is 4.58. The summed E-state index contributed by atoms with van der Waals surface area (Å²) in [5.74, 6) is 1.41. The van der Waals surface area contributed by atoms with Crippen LogP contribution in [0.25, 0.3) is 0 Å². The minimum atomic E-state index is 0.220. The Morgan fingerprint density at radius 1 is 1.60 bits per heavy atom. The molecular formula is C7H10N2O. The van der Waals surface area contributed by atoms with Crippen LogP contribution in [0.5, 0.6) is 0 Å². The summed E-state index contributed by atoms with van der Waals surface area (Å²) in [6, 6.07) is 0. The highest BCUT2D eigenvalue weighted by Gasteiger charge is 2.32. The van der Waals surface area contributed by atoms with E-state index in [1.165, 1.54) is 12.8 Å². The molecule has 1 aliphatic carbocycles. The van der Waals surface area contributed by atoms with Crippen LogP contribution in [-0.2, 0) is 4.74 Å². The van der Waals surface area contributed by atoms with E-state index in [-0.39, 0.29) is 6.10 Å². The van der Waals surface area contributed by atoms with E-state index in [4.69, 9.17) is 4.74 Å². The van der Waals surface area contributed by atoms with Crippen LogP contribution in [0.1, 0.15) is 19.8 Å². The first-order valence-corrected chi connectivity index (χ1v) is 3.60. The number of hydrogen-bond acceptors (Lipinski definition) is 3. The maximum absolute atomic E-state index is 5.41. The highest BCUT2D eigenvalue weighted by atomic mass is 16.5. The summed E-state index contributed by atoms with van der Waals surface area (Å²) in [6.45, 7) is 1.84. The van der Waals surface area contributed by atoms with Gasteiger partial charge in [-0.1, -0.05) is 0 Å². The Morgan fingerprint density at radius 2 is 2.40 bits per heavy atom. The van der Waals surface area contributed by atoms with E-state index in [0.717, 1.165) is 0 Å². The van der Waals surface area contributed by atoms with Gasteiger partial charge < -0.3 is 4.74 Å². The van der Waals surface area contributed by atoms with Crippen molar-refractivity contribution in [1.82, 2.24) is 0 Å². The van der Waals surface area contributed by atoms with Crippen molar-refractivity contribution in [1.29, 1.82) is 0 Å². The second kappa shape index (κ2) is 2.08. The van der Waals surface area contributed by atoms with Gasteiger partial charge in [0.2, 0.25) is 5.90 Å². The lowest BCUT2D eigenvalue weighted by Gasteiger charge is -2.15. The zero-order valence-electron chi connectivity index (χ0n) is 5.95. The summed E-state index contributed by atoms with van der Waals surface area (Å²) in [4.78, 5) is 0. The van der Waals surface area contributed by atoms with Gasteiger partial charge in [-0.3, -0.25) is 0 Å². The number of rotatable bonds is 1. The summed E-state index contributed by atoms with van der Waals surface area (Å²) in [5, 5.41) is 7.59. The van der Waals surface area contributed by atoms with Gasteiger partial charge in [-0.05, 0) is 12.8 Å². The minimum Gasteiger partial charge on any atom is -0.470 e. The molecule has 0 amide bonds. The van der Waals surface area contributed by atoms with Gasteiger partial charge in [0.1, 0.15) is 6.10 Å². The molecule has 1 aliphatic heterocycles. The SMILES string of the molecule is CC1=NN=CC(C2CC2)O1. The fourth-order valence-electron chi connectivity index (χ4n) is 1.07. The molecule has 1 fully saturated rings. The maximum Gasteiger partial charge on any atom is 0.205 e. The van der Waals surface area contributed by atoms with Crippen molar-refractivity contribution < 1.29 is 4.74 Å². The molecule has 1 atom stereocenters. The van der Waals surface area contributed by atoms with Crippen molar-refractivity contribution >= 4 is 12.1 Å². The molecule has 0 aromatic heterocycles. The molecule has 0 bridgehead atoms. The predicted molar refractivity (Wildman–Crippen MR) is 39.2 cm³/mol. The molecule has 2 rings (SSSR count). The van der Waals surface area contributed by atoms with Gasteiger partial charge in [-0.25, -0.2) is 0 Å². The van der Waals surface area contributed by atoms with Gasteiger partial charge in [-0.2, -0.15) is 5.10 Å². The molecule has 54 valence electrons. The third-order valence-electron chi connectivity index (χ3n) is 1.81. The Balaban J connectivity index is 2.01. The number of hydrogen-bond donors (Lipinski definition) is 0. The smallest absolute Gasteiger partial charge is 0.205 e. The number of nitrogens with zero attached hydrogens (tertiary/aromatic N) is 2. The van der Waals surface area contributed by atoms with Crippen LogP contribution in [0.4, 0.5) is 0 Å². The second-order valence-corrected chi connectivity index (χ2v) is 2.80. The Kier molecular flexibility index (Phi) is 1.22. The lowest BCUT2D eigenvalue weighted by Crippen LogP contribution is -2.22. The number of ether oxygens (including phenoxy) is 1. The van der Waals surface area contributed by atoms with E-state index in [1.54, 1.807) is 6.21 Å². The highest BCUT2D eigenvalue weighted by Crippen LogP contribution is 2.34. The van der Waals surface area contributed by atoms with Gasteiger partial charge in [0.25, 0.3) is 0 Å². The fraction of sp³-hybridized carbons (Fsp3) is 0.714. The quantitative estimate of drug-likeness (QED) is 0.536. The lowest BCUT2D eigenvalue weighted by atomic mass is 10.2. The second-order valence-electron chi connectivity index (χ2n) is 2.80. The molecule has 10 heavy (non-hydrogen) atoms. The van der Waals surface area contributed by atoms with Crippen LogP contribution in [0.15, 0.2) is 10.2 Å². The van der Waals surface area contributed by atoms with E-state index in [0.29, 0.717) is 11.8 Å². The van der Waals surface area contributed by atoms with E-state index in [1.807, 2.05) is 6.92 Å². The third-order valence-corrected chi connectivity index (χ3v) is 1.81. The Bertz CT molecular complexity index is 194. The van der Waals surface area contributed by atoms with Gasteiger partial charge in [-0.15, -0.1) is 5.10 Å². The van der Waals surface area contributed by atoms with E-state index in [2.05, 4.69) is 10.2 Å².